The number of aryl methyl sites for hydroxylation is 1. The predicted molar refractivity (Wildman–Crippen MR) is 101 cm³/mol. The highest BCUT2D eigenvalue weighted by Gasteiger charge is 2.23. The number of carbonyl (C=O) groups excluding carboxylic acids is 1. The lowest BCUT2D eigenvalue weighted by Crippen LogP contribution is -2.30. The minimum absolute atomic E-state index is 0.183. The first kappa shape index (κ1) is 19.2. The molecule has 1 saturated heterocycles. The number of carbonyl (C=O) groups is 2. The summed E-state index contributed by atoms with van der Waals surface area (Å²) in [6.45, 7) is 4.94. The van der Waals surface area contributed by atoms with Gasteiger partial charge in [0.2, 0.25) is 0 Å². The Morgan fingerprint density at radius 1 is 1.22 bits per heavy atom. The summed E-state index contributed by atoms with van der Waals surface area (Å²) in [5.74, 6) is -0.283. The summed E-state index contributed by atoms with van der Waals surface area (Å²) in [5, 5.41) is 12.0. The number of carboxylic acids is 1. The van der Waals surface area contributed by atoms with E-state index in [-0.39, 0.29) is 18.1 Å². The van der Waals surface area contributed by atoms with Crippen LogP contribution < -0.4 is 5.32 Å². The van der Waals surface area contributed by atoms with Crippen LogP contribution in [0.5, 0.6) is 0 Å². The lowest BCUT2D eigenvalue weighted by molar-refractivity contribution is -0.137. The van der Waals surface area contributed by atoms with Crippen molar-refractivity contribution >= 4 is 11.9 Å². The van der Waals surface area contributed by atoms with Gasteiger partial charge in [0, 0.05) is 18.5 Å². The Morgan fingerprint density at radius 2 is 1.93 bits per heavy atom. The average Bonchev–Trinajstić information content (AvgIpc) is 3.31. The van der Waals surface area contributed by atoms with Crippen molar-refractivity contribution in [2.45, 2.75) is 45.2 Å². The molecule has 1 amide bonds. The van der Waals surface area contributed by atoms with Gasteiger partial charge in [0.25, 0.3) is 5.91 Å². The third-order valence-corrected chi connectivity index (χ3v) is 4.92. The van der Waals surface area contributed by atoms with Gasteiger partial charge in [-0.15, -0.1) is 0 Å². The van der Waals surface area contributed by atoms with Crippen LogP contribution in [0.2, 0.25) is 0 Å². The molecule has 2 heterocycles. The second-order valence-electron chi connectivity index (χ2n) is 6.93. The molecule has 0 saturated carbocycles. The Morgan fingerprint density at radius 3 is 2.56 bits per heavy atom. The number of nitrogens with one attached hydrogen (secondary N) is 1. The molecule has 144 valence electrons. The highest BCUT2D eigenvalue weighted by atomic mass is 16.4. The number of benzene rings is 1. The summed E-state index contributed by atoms with van der Waals surface area (Å²) in [5.41, 5.74) is 1.80. The summed E-state index contributed by atoms with van der Waals surface area (Å²) in [7, 11) is 0. The zero-order chi connectivity index (χ0) is 19.2. The molecule has 2 aromatic rings. The van der Waals surface area contributed by atoms with Crippen LogP contribution in [0.15, 0.2) is 40.8 Å². The molecule has 1 aliphatic heterocycles. The molecule has 27 heavy (non-hydrogen) atoms. The number of hydrogen-bond acceptors (Lipinski definition) is 4. The number of likely N-dealkylation sites (tertiary alicyclic amines) is 1. The highest BCUT2D eigenvalue weighted by molar-refractivity contribution is 5.92. The van der Waals surface area contributed by atoms with Crippen molar-refractivity contribution in [2.24, 2.45) is 0 Å². The molecular weight excluding hydrogens is 344 g/mol. The van der Waals surface area contributed by atoms with Gasteiger partial charge in [-0.2, -0.15) is 0 Å². The van der Waals surface area contributed by atoms with Crippen LogP contribution in [0.3, 0.4) is 0 Å². The van der Waals surface area contributed by atoms with E-state index in [1.54, 1.807) is 6.07 Å². The van der Waals surface area contributed by atoms with E-state index >= 15 is 0 Å². The van der Waals surface area contributed by atoms with Crippen molar-refractivity contribution in [3.63, 3.8) is 0 Å². The van der Waals surface area contributed by atoms with Crippen LogP contribution >= 0.6 is 0 Å². The van der Waals surface area contributed by atoms with Crippen LogP contribution in [0, 0.1) is 0 Å². The highest BCUT2D eigenvalue weighted by Crippen LogP contribution is 2.22. The van der Waals surface area contributed by atoms with E-state index in [2.05, 4.69) is 10.2 Å². The molecule has 0 spiro atoms. The molecule has 1 aliphatic rings. The van der Waals surface area contributed by atoms with Gasteiger partial charge in [0.05, 0.1) is 12.5 Å². The number of rotatable bonds is 8. The first-order valence-corrected chi connectivity index (χ1v) is 9.48. The van der Waals surface area contributed by atoms with Crippen molar-refractivity contribution < 1.29 is 19.1 Å². The van der Waals surface area contributed by atoms with Gasteiger partial charge in [0.1, 0.15) is 5.76 Å². The maximum absolute atomic E-state index is 12.7. The fourth-order valence-corrected chi connectivity index (χ4v) is 3.53. The van der Waals surface area contributed by atoms with Crippen LogP contribution in [0.1, 0.15) is 59.7 Å². The smallest absolute Gasteiger partial charge is 0.305 e. The fraction of sp³-hybridized carbons (Fsp3) is 0.429. The standard InChI is InChI=1S/C21H26N2O4/c1-2-18-16(14-23-10-6-7-11-23)12-19(27-18)21(26)22-17(13-20(24)25)15-8-4-3-5-9-15/h3-5,8-9,12,17H,2,6-7,10-11,13-14H2,1H3,(H,22,26)(H,24,25)/t17-/m1/s1. The van der Waals surface area contributed by atoms with Gasteiger partial charge in [-0.25, -0.2) is 0 Å². The molecule has 1 atom stereocenters. The van der Waals surface area contributed by atoms with Crippen LogP contribution in [-0.2, 0) is 17.8 Å². The van der Waals surface area contributed by atoms with Gasteiger partial charge >= 0.3 is 5.97 Å². The van der Waals surface area contributed by atoms with E-state index in [0.29, 0.717) is 6.42 Å². The van der Waals surface area contributed by atoms with Gasteiger partial charge < -0.3 is 14.8 Å². The number of nitrogens with zero attached hydrogens (tertiary/aromatic N) is 1. The Hall–Kier alpha value is -2.60. The zero-order valence-electron chi connectivity index (χ0n) is 15.6. The Bertz CT molecular complexity index is 779. The molecule has 0 aliphatic carbocycles. The van der Waals surface area contributed by atoms with Crippen LogP contribution in [0.4, 0.5) is 0 Å². The minimum Gasteiger partial charge on any atom is -0.481 e. The van der Waals surface area contributed by atoms with Gasteiger partial charge in [-0.3, -0.25) is 14.5 Å². The number of aliphatic carboxylic acids is 1. The number of amides is 1. The monoisotopic (exact) mass is 370 g/mol. The van der Waals surface area contributed by atoms with E-state index in [1.807, 2.05) is 37.3 Å². The zero-order valence-corrected chi connectivity index (χ0v) is 15.6. The van der Waals surface area contributed by atoms with Crippen LogP contribution in [-0.4, -0.2) is 35.0 Å². The summed E-state index contributed by atoms with van der Waals surface area (Å²) < 4.78 is 5.79. The third kappa shape index (κ3) is 4.98. The Kier molecular flexibility index (Phi) is 6.29. The normalized spacial score (nSPS) is 15.6. The summed E-state index contributed by atoms with van der Waals surface area (Å²) in [6.07, 6.45) is 2.95. The van der Waals surface area contributed by atoms with Crippen molar-refractivity contribution in [1.29, 1.82) is 0 Å². The van der Waals surface area contributed by atoms with E-state index in [0.717, 1.165) is 36.5 Å². The van der Waals surface area contributed by atoms with Crippen molar-refractivity contribution in [3.8, 4) is 0 Å². The number of furan rings is 1. The number of hydrogen-bond donors (Lipinski definition) is 2. The summed E-state index contributed by atoms with van der Waals surface area (Å²) in [4.78, 5) is 26.3. The first-order valence-electron chi connectivity index (χ1n) is 9.48. The van der Waals surface area contributed by atoms with Gasteiger partial charge in [-0.05, 0) is 37.6 Å². The predicted octanol–water partition coefficient (Wildman–Crippen LogP) is 3.38. The molecule has 0 bridgehead atoms. The van der Waals surface area contributed by atoms with Crippen molar-refractivity contribution in [2.75, 3.05) is 13.1 Å². The molecule has 0 unspecified atom stereocenters. The van der Waals surface area contributed by atoms with Gasteiger partial charge in [0.15, 0.2) is 5.76 Å². The summed E-state index contributed by atoms with van der Waals surface area (Å²) >= 11 is 0. The summed E-state index contributed by atoms with van der Waals surface area (Å²) in [6, 6.07) is 10.3. The van der Waals surface area contributed by atoms with E-state index in [1.165, 1.54) is 12.8 Å². The molecule has 2 N–H and O–H groups in total. The molecule has 6 nitrogen and oxygen atoms in total. The molecule has 3 rings (SSSR count). The van der Waals surface area contributed by atoms with Crippen molar-refractivity contribution in [1.82, 2.24) is 10.2 Å². The van der Waals surface area contributed by atoms with Gasteiger partial charge in [-0.1, -0.05) is 37.3 Å². The number of carboxylic acid groups (broad SMARTS) is 1. The fourth-order valence-electron chi connectivity index (χ4n) is 3.53. The lowest BCUT2D eigenvalue weighted by atomic mass is 10.0. The van der Waals surface area contributed by atoms with E-state index in [9.17, 15) is 14.7 Å². The quantitative estimate of drug-likeness (QED) is 0.744. The topological polar surface area (TPSA) is 82.8 Å². The maximum Gasteiger partial charge on any atom is 0.305 e. The van der Waals surface area contributed by atoms with E-state index < -0.39 is 12.0 Å². The SMILES string of the molecule is CCc1oc(C(=O)N[C@H](CC(=O)O)c2ccccc2)cc1CN1CCCC1. The Labute approximate surface area is 159 Å². The largest absolute Gasteiger partial charge is 0.481 e. The first-order chi connectivity index (χ1) is 13.1. The molecule has 1 fully saturated rings. The molecule has 1 aromatic carbocycles. The van der Waals surface area contributed by atoms with Crippen LogP contribution in [0.25, 0.3) is 0 Å². The second kappa shape index (κ2) is 8.86. The van der Waals surface area contributed by atoms with Crippen molar-refractivity contribution in [3.05, 3.63) is 59.0 Å². The third-order valence-electron chi connectivity index (χ3n) is 4.92. The van der Waals surface area contributed by atoms with E-state index in [4.69, 9.17) is 4.42 Å². The maximum atomic E-state index is 12.7. The molecule has 6 heteroatoms. The average molecular weight is 370 g/mol. The Balaban J connectivity index is 1.75. The second-order valence-corrected chi connectivity index (χ2v) is 6.93. The molecule has 1 aromatic heterocycles. The lowest BCUT2D eigenvalue weighted by Gasteiger charge is -2.16. The minimum atomic E-state index is -0.965. The molecular formula is C21H26N2O4. The molecule has 0 radical (unpaired) electrons.